The van der Waals surface area contributed by atoms with E-state index in [1.54, 1.807) is 11.8 Å². The second-order valence-electron chi connectivity index (χ2n) is 7.11. The van der Waals surface area contributed by atoms with E-state index in [1.165, 1.54) is 11.8 Å². The lowest BCUT2D eigenvalue weighted by molar-refractivity contribution is -0.145. The van der Waals surface area contributed by atoms with E-state index in [4.69, 9.17) is 5.11 Å². The molecule has 2 amide bonds. The molecule has 0 saturated carbocycles. The quantitative estimate of drug-likeness (QED) is 0.753. The molecule has 0 radical (unpaired) electrons. The minimum atomic E-state index is -1.01. The number of rotatable bonds is 6. The number of thioether (sulfide) groups is 1. The fourth-order valence-electron chi connectivity index (χ4n) is 3.37. The molecule has 0 spiro atoms. The Kier molecular flexibility index (Phi) is 7.71. The van der Waals surface area contributed by atoms with E-state index in [9.17, 15) is 14.4 Å². The molecule has 6 nitrogen and oxygen atoms in total. The molecule has 1 atom stereocenters. The molecule has 1 aliphatic rings. The van der Waals surface area contributed by atoms with Gasteiger partial charge >= 0.3 is 5.97 Å². The van der Waals surface area contributed by atoms with E-state index in [1.807, 2.05) is 29.2 Å². The average molecular weight is 393 g/mol. The van der Waals surface area contributed by atoms with Crippen LogP contribution < -0.4 is 0 Å². The number of carbonyl (C=O) groups is 3. The highest BCUT2D eigenvalue weighted by molar-refractivity contribution is 7.99. The third-order valence-electron chi connectivity index (χ3n) is 4.61. The molecule has 0 bridgehead atoms. The van der Waals surface area contributed by atoms with Gasteiger partial charge < -0.3 is 14.9 Å². The van der Waals surface area contributed by atoms with Crippen LogP contribution in [-0.4, -0.2) is 63.6 Å². The third kappa shape index (κ3) is 6.27. The number of aliphatic carboxylic acids is 1. The van der Waals surface area contributed by atoms with Crippen molar-refractivity contribution >= 4 is 29.5 Å². The van der Waals surface area contributed by atoms with E-state index in [2.05, 4.69) is 13.8 Å². The molecule has 1 aliphatic heterocycles. The number of carboxylic acids is 1. The van der Waals surface area contributed by atoms with Gasteiger partial charge in [-0.15, -0.1) is 11.8 Å². The predicted octanol–water partition coefficient (Wildman–Crippen LogP) is 3.11. The summed E-state index contributed by atoms with van der Waals surface area (Å²) >= 11 is 1.76. The van der Waals surface area contributed by atoms with Crippen molar-refractivity contribution in [1.29, 1.82) is 0 Å². The molecule has 148 valence electrons. The first-order valence-corrected chi connectivity index (χ1v) is 10.2. The van der Waals surface area contributed by atoms with Gasteiger partial charge in [0.15, 0.2) is 0 Å². The van der Waals surface area contributed by atoms with Crippen LogP contribution >= 0.6 is 11.8 Å². The lowest BCUT2D eigenvalue weighted by Crippen LogP contribution is -2.43. The van der Waals surface area contributed by atoms with Crippen LogP contribution in [0.1, 0.15) is 50.4 Å². The van der Waals surface area contributed by atoms with Gasteiger partial charge in [-0.2, -0.15) is 0 Å². The summed E-state index contributed by atoms with van der Waals surface area (Å²) in [5.74, 6) is -1.26. The van der Waals surface area contributed by atoms with Crippen molar-refractivity contribution in [2.45, 2.75) is 56.2 Å². The Morgan fingerprint density at radius 3 is 2.41 bits per heavy atom. The summed E-state index contributed by atoms with van der Waals surface area (Å²) in [5, 5.41) is 9.53. The van der Waals surface area contributed by atoms with Crippen LogP contribution in [0.15, 0.2) is 29.2 Å². The first-order chi connectivity index (χ1) is 12.8. The van der Waals surface area contributed by atoms with Gasteiger partial charge in [-0.05, 0) is 43.5 Å². The van der Waals surface area contributed by atoms with Crippen molar-refractivity contribution in [3.05, 3.63) is 29.8 Å². The molecule has 1 aromatic rings. The van der Waals surface area contributed by atoms with Crippen molar-refractivity contribution in [1.82, 2.24) is 9.80 Å². The topological polar surface area (TPSA) is 77.9 Å². The molecule has 1 unspecified atom stereocenters. The fraction of sp³-hybridized carbons (Fsp3) is 0.550. The predicted molar refractivity (Wildman–Crippen MR) is 106 cm³/mol. The Morgan fingerprint density at radius 1 is 1.19 bits per heavy atom. The van der Waals surface area contributed by atoms with Crippen LogP contribution in [0, 0.1) is 0 Å². The highest BCUT2D eigenvalue weighted by atomic mass is 32.2. The summed E-state index contributed by atoms with van der Waals surface area (Å²) in [6.45, 7) is 6.51. The molecular formula is C20H28N2O4S. The normalized spacial score (nSPS) is 17.5. The standard InChI is InChI=1S/C20H28N2O4S/c1-14(2)27-18-8-6-16(7-9-18)20(26)21-11-4-5-17(10-12-21)22(15(3)23)13-19(24)25/h6-9,14,17H,4-5,10-13H2,1-3H3,(H,24,25). The number of carbonyl (C=O) groups excluding carboxylic acids is 2. The Balaban J connectivity index is 2.01. The van der Waals surface area contributed by atoms with Gasteiger partial charge in [0.05, 0.1) is 0 Å². The van der Waals surface area contributed by atoms with Crippen LogP contribution in [0.2, 0.25) is 0 Å². The van der Waals surface area contributed by atoms with Crippen molar-refractivity contribution in [3.63, 3.8) is 0 Å². The van der Waals surface area contributed by atoms with Crippen LogP contribution in [0.3, 0.4) is 0 Å². The average Bonchev–Trinajstić information content (AvgIpc) is 2.85. The van der Waals surface area contributed by atoms with E-state index in [-0.39, 0.29) is 24.4 Å². The molecule has 1 saturated heterocycles. The molecule has 7 heteroatoms. The number of likely N-dealkylation sites (tertiary alicyclic amines) is 1. The van der Waals surface area contributed by atoms with Crippen LogP contribution in [0.4, 0.5) is 0 Å². The molecule has 27 heavy (non-hydrogen) atoms. The van der Waals surface area contributed by atoms with E-state index < -0.39 is 5.97 Å². The van der Waals surface area contributed by atoms with Crippen molar-refractivity contribution in [2.75, 3.05) is 19.6 Å². The monoisotopic (exact) mass is 392 g/mol. The lowest BCUT2D eigenvalue weighted by atomic mass is 10.1. The number of benzene rings is 1. The number of carboxylic acid groups (broad SMARTS) is 1. The van der Waals surface area contributed by atoms with E-state index in [0.717, 1.165) is 11.3 Å². The van der Waals surface area contributed by atoms with Gasteiger partial charge in [-0.1, -0.05) is 13.8 Å². The van der Waals surface area contributed by atoms with Gasteiger partial charge in [0.2, 0.25) is 5.91 Å². The molecule has 0 aliphatic carbocycles. The second kappa shape index (κ2) is 9.78. The van der Waals surface area contributed by atoms with Gasteiger partial charge in [-0.3, -0.25) is 14.4 Å². The van der Waals surface area contributed by atoms with Crippen molar-refractivity contribution in [2.24, 2.45) is 0 Å². The summed E-state index contributed by atoms with van der Waals surface area (Å²) < 4.78 is 0. The number of hydrogen-bond acceptors (Lipinski definition) is 4. The summed E-state index contributed by atoms with van der Waals surface area (Å²) in [6.07, 6.45) is 2.06. The first-order valence-electron chi connectivity index (χ1n) is 9.33. The van der Waals surface area contributed by atoms with E-state index in [0.29, 0.717) is 36.7 Å². The van der Waals surface area contributed by atoms with Gasteiger partial charge in [-0.25, -0.2) is 0 Å². The van der Waals surface area contributed by atoms with Gasteiger partial charge in [0.1, 0.15) is 6.54 Å². The van der Waals surface area contributed by atoms with Crippen molar-refractivity contribution in [3.8, 4) is 0 Å². The largest absolute Gasteiger partial charge is 0.480 e. The highest BCUT2D eigenvalue weighted by Crippen LogP contribution is 2.24. The smallest absolute Gasteiger partial charge is 0.323 e. The zero-order chi connectivity index (χ0) is 20.0. The van der Waals surface area contributed by atoms with E-state index >= 15 is 0 Å². The molecule has 0 aromatic heterocycles. The second-order valence-corrected chi connectivity index (χ2v) is 8.76. The van der Waals surface area contributed by atoms with Crippen molar-refractivity contribution < 1.29 is 19.5 Å². The number of amides is 2. The molecular weight excluding hydrogens is 364 g/mol. The van der Waals surface area contributed by atoms with Crippen LogP contribution in [0.25, 0.3) is 0 Å². The van der Waals surface area contributed by atoms with Gasteiger partial charge in [0, 0.05) is 41.8 Å². The minimum absolute atomic E-state index is 0.00986. The summed E-state index contributed by atoms with van der Waals surface area (Å²) in [4.78, 5) is 40.0. The summed E-state index contributed by atoms with van der Waals surface area (Å²) in [7, 11) is 0. The number of nitrogens with zero attached hydrogens (tertiary/aromatic N) is 2. The Hall–Kier alpha value is -2.02. The minimum Gasteiger partial charge on any atom is -0.480 e. The Morgan fingerprint density at radius 2 is 1.85 bits per heavy atom. The number of hydrogen-bond donors (Lipinski definition) is 1. The van der Waals surface area contributed by atoms with Gasteiger partial charge in [0.25, 0.3) is 5.91 Å². The molecule has 1 heterocycles. The summed E-state index contributed by atoms with van der Waals surface area (Å²) in [6, 6.07) is 7.54. The zero-order valence-electron chi connectivity index (χ0n) is 16.2. The molecule has 1 N–H and O–H groups in total. The first kappa shape index (κ1) is 21.3. The summed E-state index contributed by atoms with van der Waals surface area (Å²) in [5.41, 5.74) is 0.663. The Labute approximate surface area is 164 Å². The highest BCUT2D eigenvalue weighted by Gasteiger charge is 2.27. The fourth-order valence-corrected chi connectivity index (χ4v) is 4.21. The molecule has 2 rings (SSSR count). The zero-order valence-corrected chi connectivity index (χ0v) is 17.0. The van der Waals surface area contributed by atoms with Crippen LogP contribution in [-0.2, 0) is 9.59 Å². The lowest BCUT2D eigenvalue weighted by Gasteiger charge is -2.28. The molecule has 1 aromatic carbocycles. The maximum atomic E-state index is 12.8. The molecule has 1 fully saturated rings. The maximum Gasteiger partial charge on any atom is 0.323 e. The third-order valence-corrected chi connectivity index (χ3v) is 5.62. The SMILES string of the molecule is CC(=O)N(CC(=O)O)C1CCCN(C(=O)c2ccc(SC(C)C)cc2)CC1. The van der Waals surface area contributed by atoms with Crippen LogP contribution in [0.5, 0.6) is 0 Å². The Bertz CT molecular complexity index is 675. The maximum absolute atomic E-state index is 12.8.